The lowest BCUT2D eigenvalue weighted by molar-refractivity contribution is -0.133. The van der Waals surface area contributed by atoms with Gasteiger partial charge in [-0.05, 0) is 0 Å². The molecular formula is C16H23N5O3. The summed E-state index contributed by atoms with van der Waals surface area (Å²) in [5, 5.41) is 0. The number of amides is 2. The fraction of sp³-hybridized carbons (Fsp3) is 0.625. The molecule has 0 aromatic carbocycles. The van der Waals surface area contributed by atoms with E-state index in [-0.39, 0.29) is 23.8 Å². The number of nitrogens with zero attached hydrogens (tertiary/aromatic N) is 5. The number of ether oxygens (including phenoxy) is 1. The van der Waals surface area contributed by atoms with E-state index in [0.29, 0.717) is 19.6 Å². The molecule has 2 fully saturated rings. The van der Waals surface area contributed by atoms with Gasteiger partial charge in [-0.1, -0.05) is 0 Å². The molecule has 0 spiro atoms. The number of hydrogen-bond acceptors (Lipinski definition) is 6. The summed E-state index contributed by atoms with van der Waals surface area (Å²) in [6.45, 7) is 2.44. The largest absolute Gasteiger partial charge is 0.378 e. The van der Waals surface area contributed by atoms with Crippen LogP contribution in [0.4, 0.5) is 5.82 Å². The van der Waals surface area contributed by atoms with Gasteiger partial charge in [-0.2, -0.15) is 0 Å². The molecule has 3 heterocycles. The van der Waals surface area contributed by atoms with Gasteiger partial charge in [0.05, 0.1) is 24.3 Å². The molecule has 0 bridgehead atoms. The molecule has 0 saturated carbocycles. The number of likely N-dealkylation sites (tertiary alicyclic amines) is 1. The van der Waals surface area contributed by atoms with Gasteiger partial charge in [0.2, 0.25) is 11.8 Å². The van der Waals surface area contributed by atoms with Crippen LogP contribution < -0.4 is 4.90 Å². The average Bonchev–Trinajstić information content (AvgIpc) is 2.87. The van der Waals surface area contributed by atoms with Crippen LogP contribution in [0.25, 0.3) is 0 Å². The minimum absolute atomic E-state index is 0.0297. The predicted octanol–water partition coefficient (Wildman–Crippen LogP) is -0.252. The van der Waals surface area contributed by atoms with E-state index in [9.17, 15) is 9.59 Å². The second-order valence-electron chi connectivity index (χ2n) is 6.54. The highest BCUT2D eigenvalue weighted by Crippen LogP contribution is 2.28. The van der Waals surface area contributed by atoms with E-state index in [4.69, 9.17) is 4.74 Å². The topological polar surface area (TPSA) is 78.9 Å². The molecule has 2 amide bonds. The third-order valence-corrected chi connectivity index (χ3v) is 4.58. The Kier molecular flexibility index (Phi) is 4.66. The van der Waals surface area contributed by atoms with Gasteiger partial charge in [0.15, 0.2) is 0 Å². The normalized spacial score (nSPS) is 21.1. The minimum Gasteiger partial charge on any atom is -0.378 e. The number of rotatable bonds is 5. The van der Waals surface area contributed by atoms with Gasteiger partial charge in [-0.25, -0.2) is 9.97 Å². The monoisotopic (exact) mass is 333 g/mol. The average molecular weight is 333 g/mol. The van der Waals surface area contributed by atoms with Crippen LogP contribution in [0.3, 0.4) is 0 Å². The number of hydrogen-bond donors (Lipinski definition) is 0. The maximum atomic E-state index is 12.2. The summed E-state index contributed by atoms with van der Waals surface area (Å²) in [6, 6.07) is 2.06. The van der Waals surface area contributed by atoms with Crippen molar-refractivity contribution in [2.24, 2.45) is 5.92 Å². The molecule has 1 unspecified atom stereocenters. The van der Waals surface area contributed by atoms with Crippen molar-refractivity contribution in [3.8, 4) is 0 Å². The lowest BCUT2D eigenvalue weighted by atomic mass is 10.1. The minimum atomic E-state index is -0.214. The number of carbonyl (C=O) groups excluding carboxylic acids is 2. The first-order chi connectivity index (χ1) is 11.5. The third kappa shape index (κ3) is 3.19. The predicted molar refractivity (Wildman–Crippen MR) is 87.3 cm³/mol. The number of anilines is 1. The van der Waals surface area contributed by atoms with E-state index in [1.54, 1.807) is 26.1 Å². The van der Waals surface area contributed by atoms with Gasteiger partial charge < -0.3 is 19.4 Å². The van der Waals surface area contributed by atoms with E-state index in [1.807, 2.05) is 11.0 Å². The van der Waals surface area contributed by atoms with Crippen LogP contribution in [0, 0.1) is 5.92 Å². The van der Waals surface area contributed by atoms with E-state index in [2.05, 4.69) is 14.9 Å². The first-order valence-electron chi connectivity index (χ1n) is 8.05. The Labute approximate surface area is 141 Å². The Balaban J connectivity index is 1.58. The van der Waals surface area contributed by atoms with Crippen LogP contribution in [-0.2, 0) is 20.9 Å². The number of methoxy groups -OCH3 is 1. The highest BCUT2D eigenvalue weighted by Gasteiger charge is 2.42. The Morgan fingerprint density at radius 1 is 1.33 bits per heavy atom. The summed E-state index contributed by atoms with van der Waals surface area (Å²) >= 11 is 0. The highest BCUT2D eigenvalue weighted by atomic mass is 16.5. The first-order valence-corrected chi connectivity index (χ1v) is 8.05. The Morgan fingerprint density at radius 2 is 2.08 bits per heavy atom. The fourth-order valence-electron chi connectivity index (χ4n) is 3.24. The number of carbonyl (C=O) groups is 2. The smallest absolute Gasteiger partial charge is 0.227 e. The van der Waals surface area contributed by atoms with Gasteiger partial charge in [0, 0.05) is 53.3 Å². The molecule has 0 N–H and O–H groups in total. The van der Waals surface area contributed by atoms with Gasteiger partial charge >= 0.3 is 0 Å². The zero-order valence-corrected chi connectivity index (χ0v) is 14.3. The van der Waals surface area contributed by atoms with Gasteiger partial charge in [0.1, 0.15) is 12.1 Å². The molecule has 2 aliphatic rings. The number of aromatic nitrogens is 2. The maximum Gasteiger partial charge on any atom is 0.227 e. The molecule has 1 atom stereocenters. The maximum absolute atomic E-state index is 12.2. The van der Waals surface area contributed by atoms with Gasteiger partial charge in [-0.15, -0.1) is 0 Å². The first kappa shape index (κ1) is 16.6. The quantitative estimate of drug-likeness (QED) is 0.739. The summed E-state index contributed by atoms with van der Waals surface area (Å²) in [6.07, 6.45) is 1.85. The van der Waals surface area contributed by atoms with Crippen molar-refractivity contribution >= 4 is 17.6 Å². The molecule has 0 radical (unpaired) electrons. The Bertz CT molecular complexity index is 630. The summed E-state index contributed by atoms with van der Waals surface area (Å²) in [4.78, 5) is 38.2. The molecule has 130 valence electrons. The van der Waals surface area contributed by atoms with Crippen LogP contribution in [0.5, 0.6) is 0 Å². The fourth-order valence-corrected chi connectivity index (χ4v) is 3.24. The van der Waals surface area contributed by atoms with Crippen molar-refractivity contribution in [2.45, 2.75) is 19.1 Å². The second-order valence-corrected chi connectivity index (χ2v) is 6.54. The molecule has 8 heteroatoms. The molecule has 24 heavy (non-hydrogen) atoms. The van der Waals surface area contributed by atoms with Crippen molar-refractivity contribution in [3.63, 3.8) is 0 Å². The zero-order chi connectivity index (χ0) is 17.3. The summed E-state index contributed by atoms with van der Waals surface area (Å²) in [7, 11) is 5.09. The van der Waals surface area contributed by atoms with Crippen LogP contribution in [0.1, 0.15) is 12.1 Å². The molecule has 3 rings (SSSR count). The molecule has 2 aliphatic heterocycles. The van der Waals surface area contributed by atoms with Gasteiger partial charge in [0.25, 0.3) is 0 Å². The molecule has 2 saturated heterocycles. The standard InChI is InChI=1S/C16H23N5O3/c1-19(2)16(23)11-4-15(22)21(6-11)13-7-20(8-13)14-5-12(9-24-3)17-10-18-14/h5,10-11,13H,4,6-9H2,1-3H3. The molecule has 1 aromatic heterocycles. The second kappa shape index (κ2) is 6.72. The Morgan fingerprint density at radius 3 is 2.75 bits per heavy atom. The zero-order valence-electron chi connectivity index (χ0n) is 14.3. The molecule has 8 nitrogen and oxygen atoms in total. The van der Waals surface area contributed by atoms with Crippen molar-refractivity contribution in [2.75, 3.05) is 45.7 Å². The highest BCUT2D eigenvalue weighted by molar-refractivity contribution is 5.89. The van der Waals surface area contributed by atoms with Crippen molar-refractivity contribution in [1.82, 2.24) is 19.8 Å². The third-order valence-electron chi connectivity index (χ3n) is 4.58. The Hall–Kier alpha value is -2.22. The van der Waals surface area contributed by atoms with Crippen LogP contribution in [0.2, 0.25) is 0 Å². The van der Waals surface area contributed by atoms with Crippen LogP contribution in [-0.4, -0.2) is 78.5 Å². The SMILES string of the molecule is COCc1cc(N2CC(N3CC(C(=O)N(C)C)CC3=O)C2)ncn1. The van der Waals surface area contributed by atoms with Gasteiger partial charge in [-0.3, -0.25) is 9.59 Å². The molecule has 1 aromatic rings. The van der Waals surface area contributed by atoms with Crippen molar-refractivity contribution < 1.29 is 14.3 Å². The summed E-state index contributed by atoms with van der Waals surface area (Å²) in [5.41, 5.74) is 0.833. The lowest BCUT2D eigenvalue weighted by Crippen LogP contribution is -2.60. The summed E-state index contributed by atoms with van der Waals surface area (Å²) in [5.74, 6) is 0.736. The van der Waals surface area contributed by atoms with Crippen LogP contribution >= 0.6 is 0 Å². The van der Waals surface area contributed by atoms with Crippen molar-refractivity contribution in [1.29, 1.82) is 0 Å². The lowest BCUT2D eigenvalue weighted by Gasteiger charge is -2.44. The molecule has 0 aliphatic carbocycles. The molecular weight excluding hydrogens is 310 g/mol. The van der Waals surface area contributed by atoms with E-state index >= 15 is 0 Å². The van der Waals surface area contributed by atoms with Crippen molar-refractivity contribution in [3.05, 3.63) is 18.1 Å². The van der Waals surface area contributed by atoms with E-state index in [0.717, 1.165) is 24.6 Å². The van der Waals surface area contributed by atoms with Crippen LogP contribution in [0.15, 0.2) is 12.4 Å². The summed E-state index contributed by atoms with van der Waals surface area (Å²) < 4.78 is 5.09. The van der Waals surface area contributed by atoms with E-state index < -0.39 is 0 Å². The van der Waals surface area contributed by atoms with E-state index in [1.165, 1.54) is 6.33 Å².